The number of aryl methyl sites for hydroxylation is 2. The Morgan fingerprint density at radius 2 is 1.96 bits per heavy atom. The van der Waals surface area contributed by atoms with Crippen LogP contribution >= 0.6 is 0 Å². The van der Waals surface area contributed by atoms with Crippen LogP contribution in [0.5, 0.6) is 5.75 Å². The Morgan fingerprint density at radius 3 is 2.61 bits per heavy atom. The highest BCUT2D eigenvalue weighted by molar-refractivity contribution is 5.95. The SMILES string of the molecule is COc1ccccc1CCN1CCC(CN(C)C(=O)c2cc(C)oc2C)CC1. The van der Waals surface area contributed by atoms with Gasteiger partial charge in [-0.05, 0) is 69.8 Å². The Kier molecular flexibility index (Phi) is 6.79. The molecule has 0 unspecified atom stereocenters. The average molecular weight is 385 g/mol. The topological polar surface area (TPSA) is 45.9 Å². The number of para-hydroxylation sites is 1. The molecule has 1 aromatic carbocycles. The lowest BCUT2D eigenvalue weighted by Crippen LogP contribution is -2.40. The van der Waals surface area contributed by atoms with E-state index in [1.807, 2.05) is 44.0 Å². The first-order valence-electron chi connectivity index (χ1n) is 10.1. The Bertz CT molecular complexity index is 791. The first-order valence-corrected chi connectivity index (χ1v) is 10.1. The molecule has 0 atom stereocenters. The van der Waals surface area contributed by atoms with Crippen molar-refractivity contribution in [2.75, 3.05) is 40.3 Å². The van der Waals surface area contributed by atoms with Gasteiger partial charge in [0.05, 0.1) is 12.7 Å². The van der Waals surface area contributed by atoms with Crippen LogP contribution in [0.15, 0.2) is 34.7 Å². The van der Waals surface area contributed by atoms with Crippen LogP contribution in [-0.4, -0.2) is 56.0 Å². The number of nitrogens with zero attached hydrogens (tertiary/aromatic N) is 2. The maximum atomic E-state index is 12.7. The molecular formula is C23H32N2O3. The van der Waals surface area contributed by atoms with Gasteiger partial charge in [-0.1, -0.05) is 18.2 Å². The maximum Gasteiger partial charge on any atom is 0.257 e. The zero-order chi connectivity index (χ0) is 20.1. The zero-order valence-electron chi connectivity index (χ0n) is 17.5. The smallest absolute Gasteiger partial charge is 0.257 e. The van der Waals surface area contributed by atoms with Gasteiger partial charge in [-0.15, -0.1) is 0 Å². The van der Waals surface area contributed by atoms with Crippen molar-refractivity contribution < 1.29 is 13.9 Å². The van der Waals surface area contributed by atoms with E-state index in [4.69, 9.17) is 9.15 Å². The molecule has 0 radical (unpaired) electrons. The van der Waals surface area contributed by atoms with E-state index in [1.165, 1.54) is 5.56 Å². The number of carbonyl (C=O) groups is 1. The molecule has 0 spiro atoms. The number of carbonyl (C=O) groups excluding carboxylic acids is 1. The number of likely N-dealkylation sites (tertiary alicyclic amines) is 1. The minimum absolute atomic E-state index is 0.0629. The van der Waals surface area contributed by atoms with Crippen molar-refractivity contribution in [3.05, 3.63) is 53.0 Å². The number of amides is 1. The molecule has 0 saturated carbocycles. The van der Waals surface area contributed by atoms with Crippen molar-refractivity contribution >= 4 is 5.91 Å². The summed E-state index contributed by atoms with van der Waals surface area (Å²) >= 11 is 0. The van der Waals surface area contributed by atoms with Crippen LogP contribution in [0, 0.1) is 19.8 Å². The second-order valence-electron chi connectivity index (χ2n) is 7.86. The van der Waals surface area contributed by atoms with Crippen LogP contribution < -0.4 is 4.74 Å². The molecule has 1 aliphatic rings. The molecule has 2 heterocycles. The normalized spacial score (nSPS) is 15.6. The Morgan fingerprint density at radius 1 is 1.25 bits per heavy atom. The second-order valence-corrected chi connectivity index (χ2v) is 7.86. The maximum absolute atomic E-state index is 12.7. The van der Waals surface area contributed by atoms with Crippen LogP contribution in [0.3, 0.4) is 0 Å². The van der Waals surface area contributed by atoms with Gasteiger partial charge in [-0.3, -0.25) is 4.79 Å². The van der Waals surface area contributed by atoms with Crippen molar-refractivity contribution in [2.24, 2.45) is 5.92 Å². The molecule has 1 aliphatic heterocycles. The second kappa shape index (κ2) is 9.28. The summed E-state index contributed by atoms with van der Waals surface area (Å²) in [5.41, 5.74) is 1.96. The molecule has 0 N–H and O–H groups in total. The minimum Gasteiger partial charge on any atom is -0.496 e. The number of ether oxygens (including phenoxy) is 1. The molecule has 1 aromatic heterocycles. The number of furan rings is 1. The number of hydrogen-bond acceptors (Lipinski definition) is 4. The monoisotopic (exact) mass is 384 g/mol. The molecule has 152 valence electrons. The quantitative estimate of drug-likeness (QED) is 0.726. The number of rotatable bonds is 7. The highest BCUT2D eigenvalue weighted by Crippen LogP contribution is 2.22. The molecule has 0 aliphatic carbocycles. The molecule has 28 heavy (non-hydrogen) atoms. The van der Waals surface area contributed by atoms with Crippen molar-refractivity contribution in [1.82, 2.24) is 9.80 Å². The molecular weight excluding hydrogens is 352 g/mol. The Labute approximate surface area is 168 Å². The standard InChI is InChI=1S/C23H32N2O3/c1-17-15-21(18(2)28-17)23(26)24(3)16-19-9-12-25(13-10-19)14-11-20-7-5-6-8-22(20)27-4/h5-8,15,19H,9-14,16H2,1-4H3. The first-order chi connectivity index (χ1) is 13.5. The van der Waals surface area contributed by atoms with Crippen molar-refractivity contribution in [3.8, 4) is 5.75 Å². The predicted molar refractivity (Wildman–Crippen MR) is 111 cm³/mol. The summed E-state index contributed by atoms with van der Waals surface area (Å²) in [4.78, 5) is 17.1. The average Bonchev–Trinajstić information content (AvgIpc) is 3.05. The van der Waals surface area contributed by atoms with E-state index in [-0.39, 0.29) is 5.91 Å². The number of benzene rings is 1. The van der Waals surface area contributed by atoms with Crippen LogP contribution in [0.2, 0.25) is 0 Å². The number of methoxy groups -OCH3 is 1. The molecule has 5 heteroatoms. The van der Waals surface area contributed by atoms with Gasteiger partial charge in [0.2, 0.25) is 0 Å². The Balaban J connectivity index is 1.45. The van der Waals surface area contributed by atoms with Gasteiger partial charge in [0.15, 0.2) is 0 Å². The van der Waals surface area contributed by atoms with Gasteiger partial charge in [0, 0.05) is 20.1 Å². The number of hydrogen-bond donors (Lipinski definition) is 0. The lowest BCUT2D eigenvalue weighted by molar-refractivity contribution is 0.0738. The fraction of sp³-hybridized carbons (Fsp3) is 0.522. The summed E-state index contributed by atoms with van der Waals surface area (Å²) in [5.74, 6) is 3.10. The Hall–Kier alpha value is -2.27. The lowest BCUT2D eigenvalue weighted by atomic mass is 9.95. The van der Waals surface area contributed by atoms with E-state index >= 15 is 0 Å². The largest absolute Gasteiger partial charge is 0.496 e. The van der Waals surface area contributed by atoms with Crippen LogP contribution in [0.1, 0.15) is 40.3 Å². The summed E-state index contributed by atoms with van der Waals surface area (Å²) < 4.78 is 11.0. The minimum atomic E-state index is 0.0629. The molecule has 1 fully saturated rings. The molecule has 2 aromatic rings. The third kappa shape index (κ3) is 4.96. The summed E-state index contributed by atoms with van der Waals surface area (Å²) in [6.07, 6.45) is 3.27. The fourth-order valence-corrected chi connectivity index (χ4v) is 4.10. The molecule has 1 amide bonds. The highest BCUT2D eigenvalue weighted by atomic mass is 16.5. The van der Waals surface area contributed by atoms with Crippen molar-refractivity contribution in [3.63, 3.8) is 0 Å². The van der Waals surface area contributed by atoms with Crippen LogP contribution in [0.25, 0.3) is 0 Å². The van der Waals surface area contributed by atoms with Crippen LogP contribution in [0.4, 0.5) is 0 Å². The summed E-state index contributed by atoms with van der Waals surface area (Å²) in [6, 6.07) is 10.1. The third-order valence-corrected chi connectivity index (χ3v) is 5.75. The van der Waals surface area contributed by atoms with Gasteiger partial charge >= 0.3 is 0 Å². The molecule has 3 rings (SSSR count). The first kappa shape index (κ1) is 20.5. The van der Waals surface area contributed by atoms with Crippen molar-refractivity contribution in [1.29, 1.82) is 0 Å². The van der Waals surface area contributed by atoms with E-state index in [0.717, 1.165) is 57.0 Å². The fourth-order valence-electron chi connectivity index (χ4n) is 4.10. The van der Waals surface area contributed by atoms with Gasteiger partial charge in [0.1, 0.15) is 17.3 Å². The van der Waals surface area contributed by atoms with E-state index in [9.17, 15) is 4.79 Å². The molecule has 1 saturated heterocycles. The summed E-state index contributed by atoms with van der Waals surface area (Å²) in [5, 5.41) is 0. The lowest BCUT2D eigenvalue weighted by Gasteiger charge is -2.34. The van der Waals surface area contributed by atoms with Gasteiger partial charge in [0.25, 0.3) is 5.91 Å². The van der Waals surface area contributed by atoms with Gasteiger partial charge < -0.3 is 19.0 Å². The van der Waals surface area contributed by atoms with Crippen LogP contribution in [-0.2, 0) is 6.42 Å². The van der Waals surface area contributed by atoms with E-state index in [1.54, 1.807) is 7.11 Å². The highest BCUT2D eigenvalue weighted by Gasteiger charge is 2.24. The summed E-state index contributed by atoms with van der Waals surface area (Å²) in [6.45, 7) is 7.77. The predicted octanol–water partition coefficient (Wildman–Crippen LogP) is 3.93. The van der Waals surface area contributed by atoms with Crippen molar-refractivity contribution in [2.45, 2.75) is 33.1 Å². The number of piperidine rings is 1. The van der Waals surface area contributed by atoms with E-state index < -0.39 is 0 Å². The van der Waals surface area contributed by atoms with Gasteiger partial charge in [-0.25, -0.2) is 0 Å². The van der Waals surface area contributed by atoms with E-state index in [0.29, 0.717) is 17.2 Å². The molecule has 0 bridgehead atoms. The van der Waals surface area contributed by atoms with Gasteiger partial charge in [-0.2, -0.15) is 0 Å². The van der Waals surface area contributed by atoms with E-state index in [2.05, 4.69) is 17.0 Å². The molecule has 5 nitrogen and oxygen atoms in total. The summed E-state index contributed by atoms with van der Waals surface area (Å²) in [7, 11) is 3.63. The third-order valence-electron chi connectivity index (χ3n) is 5.75. The zero-order valence-corrected chi connectivity index (χ0v) is 17.5.